The number of hydrogen-bond acceptors (Lipinski definition) is 5. The topological polar surface area (TPSA) is 84.0 Å². The molecule has 0 saturated carbocycles. The molecule has 0 aliphatic carbocycles. The summed E-state index contributed by atoms with van der Waals surface area (Å²) in [6, 6.07) is 1.46. The molecule has 0 aromatic carbocycles. The zero-order chi connectivity index (χ0) is 13.9. The van der Waals surface area contributed by atoms with E-state index in [1.165, 1.54) is 6.33 Å². The van der Waals surface area contributed by atoms with Gasteiger partial charge in [-0.2, -0.15) is 5.10 Å². The zero-order valence-electron chi connectivity index (χ0n) is 11.1. The number of morpholine rings is 1. The fourth-order valence-electron chi connectivity index (χ4n) is 2.34. The highest BCUT2D eigenvalue weighted by molar-refractivity contribution is 5.92. The lowest BCUT2D eigenvalue weighted by Crippen LogP contribution is -2.44. The van der Waals surface area contributed by atoms with Crippen molar-refractivity contribution in [1.82, 2.24) is 25.1 Å². The molecule has 7 nitrogen and oxygen atoms in total. The van der Waals surface area contributed by atoms with Gasteiger partial charge in [0.2, 0.25) is 0 Å². The third-order valence-electron chi connectivity index (χ3n) is 3.39. The minimum Gasteiger partial charge on any atom is -0.377 e. The van der Waals surface area contributed by atoms with Gasteiger partial charge in [0, 0.05) is 12.7 Å². The first-order chi connectivity index (χ1) is 9.77. The number of carbonyl (C=O) groups is 1. The Kier molecular flexibility index (Phi) is 3.42. The van der Waals surface area contributed by atoms with Crippen molar-refractivity contribution in [3.8, 4) is 0 Å². The van der Waals surface area contributed by atoms with Gasteiger partial charge in [0.05, 0.1) is 31.1 Å². The van der Waals surface area contributed by atoms with Crippen LogP contribution in [0.5, 0.6) is 0 Å². The van der Waals surface area contributed by atoms with E-state index >= 15 is 0 Å². The van der Waals surface area contributed by atoms with Crippen LogP contribution in [0.15, 0.2) is 24.8 Å². The van der Waals surface area contributed by atoms with Gasteiger partial charge in [0.25, 0.3) is 5.91 Å². The summed E-state index contributed by atoms with van der Waals surface area (Å²) >= 11 is 0. The van der Waals surface area contributed by atoms with Gasteiger partial charge in [-0.25, -0.2) is 9.97 Å². The molecule has 1 fully saturated rings. The van der Waals surface area contributed by atoms with E-state index in [0.29, 0.717) is 25.5 Å². The molecule has 1 atom stereocenters. The summed E-state index contributed by atoms with van der Waals surface area (Å²) in [4.78, 5) is 22.2. The summed E-state index contributed by atoms with van der Waals surface area (Å²) in [5.41, 5.74) is 2.32. The average Bonchev–Trinajstić information content (AvgIpc) is 2.93. The largest absolute Gasteiger partial charge is 0.377 e. The van der Waals surface area contributed by atoms with Crippen molar-refractivity contribution < 1.29 is 9.53 Å². The molecule has 0 bridgehead atoms. The Morgan fingerprint density at radius 3 is 3.15 bits per heavy atom. The molecule has 1 unspecified atom stereocenters. The number of rotatable bonds is 2. The third-order valence-corrected chi connectivity index (χ3v) is 3.39. The van der Waals surface area contributed by atoms with Crippen molar-refractivity contribution in [3.05, 3.63) is 41.7 Å². The van der Waals surface area contributed by atoms with Crippen LogP contribution in [0.3, 0.4) is 0 Å². The van der Waals surface area contributed by atoms with Crippen LogP contribution >= 0.6 is 0 Å². The molecule has 7 heteroatoms. The van der Waals surface area contributed by atoms with Crippen LogP contribution in [0, 0.1) is 6.92 Å². The van der Waals surface area contributed by atoms with E-state index in [4.69, 9.17) is 4.74 Å². The summed E-state index contributed by atoms with van der Waals surface area (Å²) < 4.78 is 5.50. The van der Waals surface area contributed by atoms with Crippen LogP contribution in [0.4, 0.5) is 0 Å². The molecule has 1 saturated heterocycles. The van der Waals surface area contributed by atoms with Gasteiger partial charge < -0.3 is 9.64 Å². The van der Waals surface area contributed by atoms with E-state index in [9.17, 15) is 4.79 Å². The summed E-state index contributed by atoms with van der Waals surface area (Å²) in [6.07, 6.45) is 4.69. The lowest BCUT2D eigenvalue weighted by Gasteiger charge is -2.35. The molecular weight excluding hydrogens is 258 g/mol. The molecular formula is C13H15N5O2. The van der Waals surface area contributed by atoms with E-state index < -0.39 is 0 Å². The first kappa shape index (κ1) is 12.7. The van der Waals surface area contributed by atoms with E-state index in [0.717, 1.165) is 11.3 Å². The van der Waals surface area contributed by atoms with Crippen molar-refractivity contribution >= 4 is 5.91 Å². The maximum Gasteiger partial charge on any atom is 0.273 e. The molecule has 2 aromatic heterocycles. The van der Waals surface area contributed by atoms with Crippen LogP contribution in [0.2, 0.25) is 0 Å². The minimum atomic E-state index is -0.159. The van der Waals surface area contributed by atoms with Crippen molar-refractivity contribution in [1.29, 1.82) is 0 Å². The average molecular weight is 273 g/mol. The molecule has 1 aliphatic rings. The second-order valence-corrected chi connectivity index (χ2v) is 4.65. The Morgan fingerprint density at radius 2 is 2.45 bits per heavy atom. The number of ether oxygens (including phenoxy) is 1. The van der Waals surface area contributed by atoms with Gasteiger partial charge in [0.15, 0.2) is 0 Å². The van der Waals surface area contributed by atoms with E-state index in [1.807, 2.05) is 6.92 Å². The normalized spacial score (nSPS) is 19.1. The second kappa shape index (κ2) is 5.38. The number of aromatic nitrogens is 4. The number of nitrogens with one attached hydrogen (secondary N) is 1. The molecule has 1 aliphatic heterocycles. The number of aromatic amines is 1. The first-order valence-corrected chi connectivity index (χ1v) is 6.42. The molecule has 0 radical (unpaired) electrons. The van der Waals surface area contributed by atoms with Crippen molar-refractivity contribution in [3.63, 3.8) is 0 Å². The Bertz CT molecular complexity index is 598. The highest BCUT2D eigenvalue weighted by Gasteiger charge is 2.31. The third kappa shape index (κ3) is 2.27. The SMILES string of the molecule is Cc1cn[nH]c1C1COCCN1C(=O)c1ccncn1. The summed E-state index contributed by atoms with van der Waals surface area (Å²) in [7, 11) is 0. The molecule has 1 N–H and O–H groups in total. The Morgan fingerprint density at radius 1 is 1.55 bits per heavy atom. The molecule has 104 valence electrons. The summed E-state index contributed by atoms with van der Waals surface area (Å²) in [5, 5.41) is 6.97. The standard InChI is InChI=1S/C13H15N5O2/c1-9-6-16-17-12(9)11-7-20-5-4-18(11)13(19)10-2-3-14-8-15-10/h2-3,6,8,11H,4-5,7H2,1H3,(H,16,17). The van der Waals surface area contributed by atoms with Crippen LogP contribution in [-0.2, 0) is 4.74 Å². The van der Waals surface area contributed by atoms with Gasteiger partial charge in [-0.1, -0.05) is 0 Å². The fourth-order valence-corrected chi connectivity index (χ4v) is 2.34. The molecule has 3 heterocycles. The Hall–Kier alpha value is -2.28. The van der Waals surface area contributed by atoms with Crippen LogP contribution < -0.4 is 0 Å². The van der Waals surface area contributed by atoms with Crippen molar-refractivity contribution in [2.45, 2.75) is 13.0 Å². The lowest BCUT2D eigenvalue weighted by atomic mass is 10.1. The molecule has 0 spiro atoms. The van der Waals surface area contributed by atoms with Gasteiger partial charge in [0.1, 0.15) is 12.0 Å². The highest BCUT2D eigenvalue weighted by atomic mass is 16.5. The number of carbonyl (C=O) groups excluding carboxylic acids is 1. The van der Waals surface area contributed by atoms with Crippen molar-refractivity contribution in [2.24, 2.45) is 0 Å². The predicted octanol–water partition coefficient (Wildman–Crippen LogP) is 0.722. The maximum absolute atomic E-state index is 12.6. The molecule has 3 rings (SSSR count). The predicted molar refractivity (Wildman–Crippen MR) is 70.0 cm³/mol. The highest BCUT2D eigenvalue weighted by Crippen LogP contribution is 2.26. The van der Waals surface area contributed by atoms with E-state index in [1.54, 1.807) is 23.4 Å². The Balaban J connectivity index is 1.90. The smallest absolute Gasteiger partial charge is 0.273 e. The lowest BCUT2D eigenvalue weighted by molar-refractivity contribution is -0.00439. The summed E-state index contributed by atoms with van der Waals surface area (Å²) in [6.45, 7) is 3.48. The fraction of sp³-hybridized carbons (Fsp3) is 0.385. The van der Waals surface area contributed by atoms with Gasteiger partial charge in [-0.3, -0.25) is 9.89 Å². The van der Waals surface area contributed by atoms with Gasteiger partial charge >= 0.3 is 0 Å². The number of H-pyrrole nitrogens is 1. The number of nitrogens with zero attached hydrogens (tertiary/aromatic N) is 4. The maximum atomic E-state index is 12.6. The summed E-state index contributed by atoms with van der Waals surface area (Å²) in [5.74, 6) is -0.116. The monoisotopic (exact) mass is 273 g/mol. The number of hydrogen-bond donors (Lipinski definition) is 1. The number of aryl methyl sites for hydroxylation is 1. The molecule has 2 aromatic rings. The number of amides is 1. The van der Waals surface area contributed by atoms with Crippen LogP contribution in [0.1, 0.15) is 27.8 Å². The van der Waals surface area contributed by atoms with Crippen molar-refractivity contribution in [2.75, 3.05) is 19.8 Å². The zero-order valence-corrected chi connectivity index (χ0v) is 11.1. The van der Waals surface area contributed by atoms with Gasteiger partial charge in [-0.15, -0.1) is 0 Å². The minimum absolute atomic E-state index is 0.116. The molecule has 1 amide bonds. The van der Waals surface area contributed by atoms with E-state index in [-0.39, 0.29) is 11.9 Å². The van der Waals surface area contributed by atoms with Crippen LogP contribution in [0.25, 0.3) is 0 Å². The van der Waals surface area contributed by atoms with Crippen LogP contribution in [-0.4, -0.2) is 50.7 Å². The second-order valence-electron chi connectivity index (χ2n) is 4.65. The van der Waals surface area contributed by atoms with Gasteiger partial charge in [-0.05, 0) is 18.6 Å². The quantitative estimate of drug-likeness (QED) is 0.871. The Labute approximate surface area is 116 Å². The molecule has 20 heavy (non-hydrogen) atoms. The first-order valence-electron chi connectivity index (χ1n) is 6.42. The van der Waals surface area contributed by atoms with E-state index in [2.05, 4.69) is 20.2 Å².